The number of benzene rings is 3. The van der Waals surface area contributed by atoms with Crippen LogP contribution in [0.5, 0.6) is 0 Å². The number of hydrogen-bond acceptors (Lipinski definition) is 12. The van der Waals surface area contributed by atoms with Crippen molar-refractivity contribution in [2.75, 3.05) is 58.5 Å². The lowest BCUT2D eigenvalue weighted by Gasteiger charge is -2.38. The third-order valence-corrected chi connectivity index (χ3v) is 15.3. The van der Waals surface area contributed by atoms with Gasteiger partial charge in [0, 0.05) is 74.1 Å². The van der Waals surface area contributed by atoms with Crippen LogP contribution in [0.4, 0.5) is 15.3 Å². The van der Waals surface area contributed by atoms with Crippen molar-refractivity contribution in [1.29, 1.82) is 0 Å². The van der Waals surface area contributed by atoms with Gasteiger partial charge in [-0.25, -0.2) is 14.6 Å². The normalized spacial score (nSPS) is 19.3. The van der Waals surface area contributed by atoms with E-state index in [1.165, 1.54) is 14.2 Å². The Labute approximate surface area is 445 Å². The predicted molar refractivity (Wildman–Crippen MR) is 292 cm³/mol. The minimum absolute atomic E-state index is 0.130. The SMILES string of the molecule is C=C(N/C=C(\N)c1ccc(-c2ccc(-c3ccc(-c4c[nH]c([C@@H]5CCCN5C(=O)[C@@H](NC(=O)OC)C(C)C)n4)cc3)n2-c2ccc(N3CCC4(CC3)OCCO4)cc2)cc1)[C@@H]1CCCN1C(=O)[C@@H](NC(=O)OC)C(C)C. The van der Waals surface area contributed by atoms with Crippen LogP contribution in [0, 0.1) is 11.8 Å². The Bertz CT molecular complexity index is 2890. The molecule has 5 aromatic rings. The highest BCUT2D eigenvalue weighted by molar-refractivity contribution is 5.87. The van der Waals surface area contributed by atoms with Gasteiger partial charge in [0.15, 0.2) is 5.79 Å². The predicted octanol–water partition coefficient (Wildman–Crippen LogP) is 8.32. The lowest BCUT2D eigenvalue weighted by molar-refractivity contribution is -0.169. The number of anilines is 1. The van der Waals surface area contributed by atoms with Gasteiger partial charge in [-0.2, -0.15) is 0 Å². The van der Waals surface area contributed by atoms with E-state index in [1.807, 2.05) is 50.9 Å². The van der Waals surface area contributed by atoms with E-state index in [0.29, 0.717) is 43.5 Å². The number of rotatable bonds is 16. The second-order valence-electron chi connectivity index (χ2n) is 20.7. The van der Waals surface area contributed by atoms with Gasteiger partial charge in [-0.3, -0.25) is 9.59 Å². The van der Waals surface area contributed by atoms with Crippen molar-refractivity contribution in [3.63, 3.8) is 0 Å². The molecule has 0 unspecified atom stereocenters. The molecule has 0 bridgehead atoms. The Balaban J connectivity index is 0.945. The molecule has 0 aliphatic carbocycles. The van der Waals surface area contributed by atoms with Crippen molar-refractivity contribution in [3.05, 3.63) is 121 Å². The quantitative estimate of drug-likeness (QED) is 0.0632. The average Bonchev–Trinajstić information content (AvgIpc) is 4.33. The zero-order valence-electron chi connectivity index (χ0n) is 44.5. The van der Waals surface area contributed by atoms with E-state index < -0.39 is 30.1 Å². The maximum Gasteiger partial charge on any atom is 0.407 e. The smallest absolute Gasteiger partial charge is 0.407 e. The van der Waals surface area contributed by atoms with Gasteiger partial charge in [0.2, 0.25) is 11.8 Å². The molecular formula is C58H72N10O8. The van der Waals surface area contributed by atoms with Crippen molar-refractivity contribution < 1.29 is 38.1 Å². The van der Waals surface area contributed by atoms with Gasteiger partial charge in [-0.05, 0) is 90.6 Å². The number of nitrogens with one attached hydrogen (secondary N) is 4. The van der Waals surface area contributed by atoms with Crippen molar-refractivity contribution >= 4 is 35.4 Å². The highest BCUT2D eigenvalue weighted by atomic mass is 16.7. The lowest BCUT2D eigenvalue weighted by Crippen LogP contribution is -2.53. The summed E-state index contributed by atoms with van der Waals surface area (Å²) in [7, 11) is 2.58. The zero-order chi connectivity index (χ0) is 53.7. The van der Waals surface area contributed by atoms with E-state index in [9.17, 15) is 19.2 Å². The third kappa shape index (κ3) is 11.3. The number of ether oxygens (including phenoxy) is 4. The minimum atomic E-state index is -0.728. The van der Waals surface area contributed by atoms with Crippen LogP contribution in [0.3, 0.4) is 0 Å². The molecule has 18 heteroatoms. The molecule has 76 heavy (non-hydrogen) atoms. The molecule has 0 saturated carbocycles. The van der Waals surface area contributed by atoms with Crippen LogP contribution in [0.25, 0.3) is 45.2 Å². The summed E-state index contributed by atoms with van der Waals surface area (Å²) >= 11 is 0. The average molecular weight is 1040 g/mol. The number of hydrogen-bond donors (Lipinski definition) is 5. The number of likely N-dealkylation sites (tertiary alicyclic amines) is 2. The highest BCUT2D eigenvalue weighted by Gasteiger charge is 2.41. The molecule has 4 aliphatic rings. The summed E-state index contributed by atoms with van der Waals surface area (Å²) in [6.45, 7) is 16.0. The first-order chi connectivity index (χ1) is 36.7. The number of carbonyl (C=O) groups excluding carboxylic acids is 4. The monoisotopic (exact) mass is 1040 g/mol. The van der Waals surface area contributed by atoms with Gasteiger partial charge in [-0.15, -0.1) is 0 Å². The Hall–Kier alpha value is -7.57. The Morgan fingerprint density at radius 3 is 1.83 bits per heavy atom. The van der Waals surface area contributed by atoms with Crippen molar-refractivity contribution in [2.45, 2.75) is 96.2 Å². The van der Waals surface area contributed by atoms with Crippen LogP contribution in [-0.4, -0.2) is 126 Å². The summed E-state index contributed by atoms with van der Waals surface area (Å²) in [5.74, 6) is -0.346. The van der Waals surface area contributed by atoms with Crippen molar-refractivity contribution in [1.82, 2.24) is 40.3 Å². The van der Waals surface area contributed by atoms with Gasteiger partial charge in [0.1, 0.15) is 17.9 Å². The van der Waals surface area contributed by atoms with E-state index in [2.05, 4.69) is 110 Å². The molecule has 4 aliphatic heterocycles. The fourth-order valence-electron chi connectivity index (χ4n) is 11.0. The number of alkyl carbamates (subject to hydrolysis) is 2. The Kier molecular flexibility index (Phi) is 16.2. The number of H-pyrrole nitrogens is 1. The Morgan fingerprint density at radius 2 is 1.25 bits per heavy atom. The van der Waals surface area contributed by atoms with Crippen LogP contribution in [0.1, 0.15) is 83.6 Å². The number of imidazole rings is 1. The van der Waals surface area contributed by atoms with Crippen LogP contribution >= 0.6 is 0 Å². The maximum absolute atomic E-state index is 13.8. The van der Waals surface area contributed by atoms with E-state index >= 15 is 0 Å². The molecule has 3 aromatic carbocycles. The summed E-state index contributed by atoms with van der Waals surface area (Å²) < 4.78 is 23.9. The molecule has 0 radical (unpaired) electrons. The number of nitrogens with two attached hydrogens (primary N) is 1. The molecule has 4 fully saturated rings. The fourth-order valence-corrected chi connectivity index (χ4v) is 11.0. The van der Waals surface area contributed by atoms with E-state index in [4.69, 9.17) is 29.7 Å². The zero-order valence-corrected chi connectivity index (χ0v) is 44.5. The van der Waals surface area contributed by atoms with Gasteiger partial charge >= 0.3 is 12.2 Å². The van der Waals surface area contributed by atoms with Gasteiger partial charge < -0.3 is 64.9 Å². The topological polar surface area (TPSA) is 211 Å². The first-order valence-corrected chi connectivity index (χ1v) is 26.5. The molecular weight excluding hydrogens is 965 g/mol. The summed E-state index contributed by atoms with van der Waals surface area (Å²) in [6, 6.07) is 27.5. The van der Waals surface area contributed by atoms with Crippen LogP contribution < -0.4 is 26.6 Å². The molecule has 4 amide bonds. The molecule has 4 atom stereocenters. The molecule has 2 aromatic heterocycles. The van der Waals surface area contributed by atoms with E-state index in [-0.39, 0.29) is 35.7 Å². The van der Waals surface area contributed by atoms with Crippen LogP contribution in [0.15, 0.2) is 110 Å². The Morgan fingerprint density at radius 1 is 0.724 bits per heavy atom. The fraction of sp³-hybridized carbons (Fsp3) is 0.431. The standard InChI is InChI=1S/C58H72N10O8/c1-36(2)51(63-56(71)73-6)54(69)66-28-8-10-47(66)38(5)60-34-45(59)39-12-16-41(17-13-39)48-24-25-49(68(48)44-22-20-43(21-23-44)65-30-26-58(27-31-65)75-32-33-76-58)42-18-14-40(15-19-42)46-35-61-53(62-46)50-11-9-29-67(50)55(70)52(37(3)4)64-57(72)74-7/h12-25,34-37,47,50-52,60H,5,8-11,26-33,59H2,1-4,6-7H3,(H,61,62)(H,63,71)(H,64,72)/b45-34-/t47-,50-,51-,52-/m0/s1. The first-order valence-electron chi connectivity index (χ1n) is 26.5. The number of nitrogens with zero attached hydrogens (tertiary/aromatic N) is 5. The summed E-state index contributed by atoms with van der Waals surface area (Å²) in [5, 5.41) is 8.69. The lowest BCUT2D eigenvalue weighted by atomic mass is 10.0. The maximum atomic E-state index is 13.8. The second-order valence-corrected chi connectivity index (χ2v) is 20.7. The molecule has 6 heterocycles. The van der Waals surface area contributed by atoms with Gasteiger partial charge in [0.05, 0.1) is 62.3 Å². The summed E-state index contributed by atoms with van der Waals surface area (Å²) in [5.41, 5.74) is 16.5. The number of piperidine rings is 1. The molecule has 9 rings (SSSR count). The first kappa shape index (κ1) is 53.3. The molecule has 18 nitrogen and oxygen atoms in total. The summed E-state index contributed by atoms with van der Waals surface area (Å²) in [4.78, 5) is 66.0. The number of aromatic nitrogens is 3. The molecule has 1 spiro atoms. The van der Waals surface area contributed by atoms with Crippen molar-refractivity contribution in [3.8, 4) is 39.5 Å². The third-order valence-electron chi connectivity index (χ3n) is 15.3. The van der Waals surface area contributed by atoms with Crippen molar-refractivity contribution in [2.24, 2.45) is 17.6 Å². The van der Waals surface area contributed by atoms with Crippen LogP contribution in [-0.2, 0) is 28.5 Å². The molecule has 4 saturated heterocycles. The van der Waals surface area contributed by atoms with E-state index in [0.717, 1.165) is 102 Å². The summed E-state index contributed by atoms with van der Waals surface area (Å²) in [6.07, 6.45) is 7.09. The number of methoxy groups -OCH3 is 2. The largest absolute Gasteiger partial charge is 0.453 e. The van der Waals surface area contributed by atoms with E-state index in [1.54, 1.807) is 11.1 Å². The number of carbonyl (C=O) groups is 4. The van der Waals surface area contributed by atoms with Crippen LogP contribution in [0.2, 0.25) is 0 Å². The number of aromatic amines is 1. The minimum Gasteiger partial charge on any atom is -0.453 e. The number of amides is 4. The molecule has 402 valence electrons. The second kappa shape index (κ2) is 23.1. The highest BCUT2D eigenvalue weighted by Crippen LogP contribution is 2.38. The van der Waals surface area contributed by atoms with Gasteiger partial charge in [-0.1, -0.05) is 82.8 Å². The van der Waals surface area contributed by atoms with Gasteiger partial charge in [0.25, 0.3) is 0 Å². The molecule has 6 N–H and O–H groups in total.